The highest BCUT2D eigenvalue weighted by atomic mass is 32.2. The first-order chi connectivity index (χ1) is 20.6. The third kappa shape index (κ3) is 8.82. The summed E-state index contributed by atoms with van der Waals surface area (Å²) in [6.07, 6.45) is -6.94. The second kappa shape index (κ2) is 13.1. The number of carbonyl (C=O) groups excluding carboxylic acids is 2. The molecule has 1 saturated heterocycles. The Bertz CT molecular complexity index is 1550. The third-order valence-electron chi connectivity index (χ3n) is 6.38. The number of hydrogen-bond acceptors (Lipinski definition) is 7. The van der Waals surface area contributed by atoms with E-state index in [9.17, 15) is 44.3 Å². The summed E-state index contributed by atoms with van der Waals surface area (Å²) >= 11 is 0. The van der Waals surface area contributed by atoms with Gasteiger partial charge in [-0.3, -0.25) is 14.6 Å². The van der Waals surface area contributed by atoms with Crippen LogP contribution in [0.3, 0.4) is 0 Å². The van der Waals surface area contributed by atoms with E-state index >= 15 is 0 Å². The molecule has 1 atom stereocenters. The largest absolute Gasteiger partial charge is 0.573 e. The highest BCUT2D eigenvalue weighted by Gasteiger charge is 2.41. The van der Waals surface area contributed by atoms with E-state index in [1.807, 2.05) is 0 Å². The Morgan fingerprint density at radius 2 is 1.36 bits per heavy atom. The van der Waals surface area contributed by atoms with Gasteiger partial charge in [0.05, 0.1) is 11.3 Å². The number of halogens is 6. The Morgan fingerprint density at radius 1 is 0.818 bits per heavy atom. The van der Waals surface area contributed by atoms with Crippen LogP contribution in [0.5, 0.6) is 11.5 Å². The molecule has 2 aromatic carbocycles. The zero-order valence-electron chi connectivity index (χ0n) is 22.5. The van der Waals surface area contributed by atoms with Crippen molar-refractivity contribution in [3.63, 3.8) is 0 Å². The van der Waals surface area contributed by atoms with E-state index in [2.05, 4.69) is 19.8 Å². The van der Waals surface area contributed by atoms with Crippen LogP contribution in [0.2, 0.25) is 0 Å². The molecule has 2 heterocycles. The summed E-state index contributed by atoms with van der Waals surface area (Å²) in [5.41, 5.74) is 1.00. The molecule has 0 saturated carbocycles. The van der Waals surface area contributed by atoms with Gasteiger partial charge in [0.2, 0.25) is 21.8 Å². The van der Waals surface area contributed by atoms with Gasteiger partial charge in [-0.1, -0.05) is 12.1 Å². The summed E-state index contributed by atoms with van der Waals surface area (Å²) in [6, 6.07) is 9.85. The molecule has 2 amide bonds. The SMILES string of the molecule is O=C(NCc1ccc(OC(F)(F)F)cc1)[C@H]1CN(C(=O)Cc2ccncc2)CCN1S(=O)(=O)c1ccc(OC(F)(F)F)cc1. The lowest BCUT2D eigenvalue weighted by Crippen LogP contribution is -2.61. The first kappa shape index (κ1) is 32.5. The number of aromatic nitrogens is 1. The molecule has 0 aliphatic carbocycles. The van der Waals surface area contributed by atoms with Gasteiger partial charge in [0.1, 0.15) is 17.5 Å². The van der Waals surface area contributed by atoms with E-state index in [1.165, 1.54) is 29.4 Å². The van der Waals surface area contributed by atoms with Gasteiger partial charge in [-0.15, -0.1) is 26.3 Å². The highest BCUT2D eigenvalue weighted by Crippen LogP contribution is 2.27. The monoisotopic (exact) mass is 646 g/mol. The van der Waals surface area contributed by atoms with Crippen LogP contribution in [0.15, 0.2) is 78.0 Å². The lowest BCUT2D eigenvalue weighted by atomic mass is 10.1. The third-order valence-corrected chi connectivity index (χ3v) is 8.30. The van der Waals surface area contributed by atoms with Crippen LogP contribution in [-0.4, -0.2) is 72.8 Å². The molecule has 10 nitrogen and oxygen atoms in total. The number of nitrogens with zero attached hydrogens (tertiary/aromatic N) is 3. The molecule has 1 N–H and O–H groups in total. The predicted octanol–water partition coefficient (Wildman–Crippen LogP) is 3.64. The molecule has 0 bridgehead atoms. The van der Waals surface area contributed by atoms with E-state index in [4.69, 9.17) is 0 Å². The molecule has 1 aliphatic rings. The lowest BCUT2D eigenvalue weighted by molar-refractivity contribution is -0.275. The minimum Gasteiger partial charge on any atom is -0.406 e. The van der Waals surface area contributed by atoms with Gasteiger partial charge >= 0.3 is 12.7 Å². The number of ether oxygens (including phenoxy) is 2. The van der Waals surface area contributed by atoms with E-state index in [0.717, 1.165) is 40.7 Å². The highest BCUT2D eigenvalue weighted by molar-refractivity contribution is 7.89. The Kier molecular flexibility index (Phi) is 9.68. The fourth-order valence-corrected chi connectivity index (χ4v) is 5.92. The van der Waals surface area contributed by atoms with Gasteiger partial charge in [0.15, 0.2) is 0 Å². The lowest BCUT2D eigenvalue weighted by Gasteiger charge is -2.39. The number of pyridine rings is 1. The smallest absolute Gasteiger partial charge is 0.406 e. The van der Waals surface area contributed by atoms with Gasteiger partial charge in [0, 0.05) is 38.6 Å². The molecule has 1 fully saturated rings. The normalized spacial score (nSPS) is 16.3. The summed E-state index contributed by atoms with van der Waals surface area (Å²) in [6.45, 7) is -0.942. The molecule has 4 rings (SSSR count). The van der Waals surface area contributed by atoms with Gasteiger partial charge in [-0.25, -0.2) is 8.42 Å². The number of benzene rings is 2. The number of hydrogen-bond donors (Lipinski definition) is 1. The molecule has 1 aliphatic heterocycles. The van der Waals surface area contributed by atoms with Gasteiger partial charge < -0.3 is 19.7 Å². The van der Waals surface area contributed by atoms with Gasteiger partial charge in [0.25, 0.3) is 0 Å². The van der Waals surface area contributed by atoms with Crippen LogP contribution in [0.25, 0.3) is 0 Å². The number of nitrogens with one attached hydrogen (secondary N) is 1. The van der Waals surface area contributed by atoms with Crippen molar-refractivity contribution in [2.45, 2.75) is 36.6 Å². The summed E-state index contributed by atoms with van der Waals surface area (Å²) in [4.78, 5) is 31.2. The summed E-state index contributed by atoms with van der Waals surface area (Å²) in [7, 11) is -4.46. The van der Waals surface area contributed by atoms with Gasteiger partial charge in [-0.05, 0) is 59.7 Å². The van der Waals surface area contributed by atoms with Crippen molar-refractivity contribution in [1.82, 2.24) is 19.5 Å². The number of amides is 2. The summed E-state index contributed by atoms with van der Waals surface area (Å²) in [5, 5.41) is 2.53. The van der Waals surface area contributed by atoms with Crippen molar-refractivity contribution in [3.8, 4) is 11.5 Å². The van der Waals surface area contributed by atoms with Crippen molar-refractivity contribution in [3.05, 3.63) is 84.2 Å². The average Bonchev–Trinajstić information content (AvgIpc) is 2.95. The second-order valence-electron chi connectivity index (χ2n) is 9.43. The first-order valence-electron chi connectivity index (χ1n) is 12.8. The average molecular weight is 647 g/mol. The maximum absolute atomic E-state index is 13.6. The summed E-state index contributed by atoms with van der Waals surface area (Å²) < 4.78 is 111. The molecular formula is C27H24F6N4O6S. The number of carbonyl (C=O) groups is 2. The minimum absolute atomic E-state index is 0.0450. The van der Waals surface area contributed by atoms with Crippen molar-refractivity contribution in [2.24, 2.45) is 0 Å². The molecule has 0 spiro atoms. The maximum atomic E-state index is 13.6. The topological polar surface area (TPSA) is 118 Å². The van der Waals surface area contributed by atoms with Crippen LogP contribution >= 0.6 is 0 Å². The summed E-state index contributed by atoms with van der Waals surface area (Å²) in [5.74, 6) is -2.33. The van der Waals surface area contributed by atoms with Crippen LogP contribution < -0.4 is 14.8 Å². The molecule has 44 heavy (non-hydrogen) atoms. The second-order valence-corrected chi connectivity index (χ2v) is 11.3. The first-order valence-corrected chi connectivity index (χ1v) is 14.2. The van der Waals surface area contributed by atoms with Gasteiger partial charge in [-0.2, -0.15) is 4.31 Å². The van der Waals surface area contributed by atoms with Crippen LogP contribution in [-0.2, 0) is 32.6 Å². The fourth-order valence-electron chi connectivity index (χ4n) is 4.35. The zero-order chi connectivity index (χ0) is 32.1. The zero-order valence-corrected chi connectivity index (χ0v) is 23.3. The molecule has 3 aromatic rings. The molecular weight excluding hydrogens is 622 g/mol. The Hall–Kier alpha value is -4.38. The van der Waals surface area contributed by atoms with E-state index in [1.54, 1.807) is 12.1 Å². The fraction of sp³-hybridized carbons (Fsp3) is 0.296. The Labute approximate surface area is 247 Å². The van der Waals surface area contributed by atoms with Crippen molar-refractivity contribution in [2.75, 3.05) is 19.6 Å². The molecule has 236 valence electrons. The van der Waals surface area contributed by atoms with E-state index in [0.29, 0.717) is 11.1 Å². The van der Waals surface area contributed by atoms with E-state index < -0.39 is 51.1 Å². The minimum atomic E-state index is -4.99. The Morgan fingerprint density at radius 3 is 1.91 bits per heavy atom. The van der Waals surface area contributed by atoms with Crippen LogP contribution in [0.4, 0.5) is 26.3 Å². The van der Waals surface area contributed by atoms with Crippen LogP contribution in [0, 0.1) is 0 Å². The quantitative estimate of drug-likeness (QED) is 0.353. The molecule has 0 radical (unpaired) electrons. The van der Waals surface area contributed by atoms with Crippen molar-refractivity contribution in [1.29, 1.82) is 0 Å². The molecule has 17 heteroatoms. The van der Waals surface area contributed by atoms with Crippen LogP contribution in [0.1, 0.15) is 11.1 Å². The van der Waals surface area contributed by atoms with Crippen molar-refractivity contribution >= 4 is 21.8 Å². The number of rotatable bonds is 9. The molecule has 0 unspecified atom stereocenters. The Balaban J connectivity index is 1.53. The standard InChI is InChI=1S/C27H24F6N4O6S/c28-26(29,30)42-20-3-1-19(2-4-20)16-35-25(39)23-17-36(24(38)15-18-9-11-34-12-10-18)13-14-37(23)44(40,41)22-7-5-21(6-8-22)43-27(31,32)33/h1-12,23H,13-17H2,(H,35,39)/t23-/m1/s1. The molecule has 1 aromatic heterocycles. The van der Waals surface area contributed by atoms with E-state index in [-0.39, 0.29) is 38.5 Å². The number of sulfonamides is 1. The van der Waals surface area contributed by atoms with Crippen molar-refractivity contribution < 1.29 is 53.8 Å². The number of piperazine rings is 1. The number of alkyl halides is 6. The maximum Gasteiger partial charge on any atom is 0.573 e. The predicted molar refractivity (Wildman–Crippen MR) is 140 cm³/mol.